The van der Waals surface area contributed by atoms with Crippen LogP contribution in [-0.4, -0.2) is 30.4 Å². The Morgan fingerprint density at radius 1 is 1.04 bits per heavy atom. The standard InChI is InChI=1S/C20H19NO3S/c1-21(13-17-9-5-11-25-17)19(22)14-24-20(23)12-16-8-4-7-15-6-2-3-10-18(15)16/h2-11H,12-14H2,1H3. The number of amides is 1. The molecule has 128 valence electrons. The van der Waals surface area contributed by atoms with Crippen molar-refractivity contribution in [3.05, 3.63) is 70.4 Å². The molecule has 0 aliphatic carbocycles. The number of hydrogen-bond donors (Lipinski definition) is 0. The number of hydrogen-bond acceptors (Lipinski definition) is 4. The molecule has 0 spiro atoms. The van der Waals surface area contributed by atoms with Gasteiger partial charge in [0.25, 0.3) is 5.91 Å². The lowest BCUT2D eigenvalue weighted by atomic mass is 10.0. The van der Waals surface area contributed by atoms with Gasteiger partial charge in [-0.2, -0.15) is 0 Å². The zero-order chi connectivity index (χ0) is 17.6. The second kappa shape index (κ2) is 7.94. The zero-order valence-electron chi connectivity index (χ0n) is 14.0. The molecule has 3 aromatic rings. The fraction of sp³-hybridized carbons (Fsp3) is 0.200. The number of rotatable bonds is 6. The molecule has 2 aromatic carbocycles. The number of fused-ring (bicyclic) bond motifs is 1. The number of ether oxygens (including phenoxy) is 1. The van der Waals surface area contributed by atoms with E-state index >= 15 is 0 Å². The van der Waals surface area contributed by atoms with Gasteiger partial charge in [-0.05, 0) is 27.8 Å². The van der Waals surface area contributed by atoms with Crippen molar-refractivity contribution in [1.82, 2.24) is 4.90 Å². The maximum atomic E-state index is 12.1. The molecule has 0 radical (unpaired) electrons. The van der Waals surface area contributed by atoms with E-state index in [4.69, 9.17) is 4.74 Å². The fourth-order valence-electron chi connectivity index (χ4n) is 2.63. The van der Waals surface area contributed by atoms with Crippen LogP contribution in [0.4, 0.5) is 0 Å². The maximum Gasteiger partial charge on any atom is 0.310 e. The van der Waals surface area contributed by atoms with Gasteiger partial charge in [-0.15, -0.1) is 11.3 Å². The Morgan fingerprint density at radius 2 is 1.84 bits per heavy atom. The Balaban J connectivity index is 1.54. The van der Waals surface area contributed by atoms with Gasteiger partial charge in [0, 0.05) is 11.9 Å². The molecule has 1 aromatic heterocycles. The molecule has 0 aliphatic rings. The second-order valence-corrected chi connectivity index (χ2v) is 6.84. The van der Waals surface area contributed by atoms with Crippen molar-refractivity contribution < 1.29 is 14.3 Å². The molecular weight excluding hydrogens is 334 g/mol. The molecule has 0 atom stereocenters. The van der Waals surface area contributed by atoms with Gasteiger partial charge >= 0.3 is 5.97 Å². The van der Waals surface area contributed by atoms with Crippen LogP contribution in [0.1, 0.15) is 10.4 Å². The number of benzene rings is 2. The van der Waals surface area contributed by atoms with Crippen molar-refractivity contribution >= 4 is 34.0 Å². The number of nitrogens with zero attached hydrogens (tertiary/aromatic N) is 1. The van der Waals surface area contributed by atoms with Crippen LogP contribution in [0.25, 0.3) is 10.8 Å². The van der Waals surface area contributed by atoms with E-state index in [-0.39, 0.29) is 18.9 Å². The van der Waals surface area contributed by atoms with Crippen molar-refractivity contribution in [3.63, 3.8) is 0 Å². The van der Waals surface area contributed by atoms with Crippen molar-refractivity contribution in [1.29, 1.82) is 0 Å². The van der Waals surface area contributed by atoms with E-state index in [1.54, 1.807) is 23.3 Å². The van der Waals surface area contributed by atoms with Gasteiger partial charge < -0.3 is 9.64 Å². The van der Waals surface area contributed by atoms with Crippen molar-refractivity contribution in [2.24, 2.45) is 0 Å². The Labute approximate surface area is 150 Å². The van der Waals surface area contributed by atoms with E-state index in [2.05, 4.69) is 0 Å². The average molecular weight is 353 g/mol. The van der Waals surface area contributed by atoms with Gasteiger partial charge in [-0.1, -0.05) is 48.5 Å². The summed E-state index contributed by atoms with van der Waals surface area (Å²) >= 11 is 1.59. The number of thiophene rings is 1. The van der Waals surface area contributed by atoms with E-state index < -0.39 is 5.97 Å². The lowest BCUT2D eigenvalue weighted by Gasteiger charge is -2.16. The Kier molecular flexibility index (Phi) is 5.46. The van der Waals surface area contributed by atoms with Gasteiger partial charge in [-0.3, -0.25) is 9.59 Å². The smallest absolute Gasteiger partial charge is 0.310 e. The second-order valence-electron chi connectivity index (χ2n) is 5.80. The first-order chi connectivity index (χ1) is 12.1. The quantitative estimate of drug-likeness (QED) is 0.636. The maximum absolute atomic E-state index is 12.1. The minimum absolute atomic E-state index is 0.156. The summed E-state index contributed by atoms with van der Waals surface area (Å²) in [5.41, 5.74) is 0.905. The molecule has 25 heavy (non-hydrogen) atoms. The normalized spacial score (nSPS) is 10.6. The van der Waals surface area contributed by atoms with E-state index in [1.165, 1.54) is 0 Å². The van der Waals surface area contributed by atoms with Gasteiger partial charge in [0.15, 0.2) is 6.61 Å². The summed E-state index contributed by atoms with van der Waals surface area (Å²) in [6.45, 7) is 0.294. The van der Waals surface area contributed by atoms with Gasteiger partial charge in [0.05, 0.1) is 13.0 Å². The van der Waals surface area contributed by atoms with Crippen molar-refractivity contribution in [2.45, 2.75) is 13.0 Å². The van der Waals surface area contributed by atoms with Gasteiger partial charge in [-0.25, -0.2) is 0 Å². The lowest BCUT2D eigenvalue weighted by molar-refractivity contribution is -0.151. The number of likely N-dealkylation sites (N-methyl/N-ethyl adjacent to an activating group) is 1. The van der Waals surface area contributed by atoms with Gasteiger partial charge in [0.2, 0.25) is 0 Å². The first-order valence-electron chi connectivity index (χ1n) is 8.02. The minimum Gasteiger partial charge on any atom is -0.455 e. The van der Waals surface area contributed by atoms with E-state index in [1.807, 2.05) is 60.0 Å². The summed E-state index contributed by atoms with van der Waals surface area (Å²) in [5.74, 6) is -0.603. The highest BCUT2D eigenvalue weighted by Gasteiger charge is 2.14. The van der Waals surface area contributed by atoms with E-state index in [0.29, 0.717) is 6.54 Å². The molecule has 1 heterocycles. The molecule has 0 bridgehead atoms. The predicted molar refractivity (Wildman–Crippen MR) is 99.4 cm³/mol. The molecule has 0 unspecified atom stereocenters. The largest absolute Gasteiger partial charge is 0.455 e. The van der Waals surface area contributed by atoms with Crippen LogP contribution in [0.5, 0.6) is 0 Å². The van der Waals surface area contributed by atoms with Crippen molar-refractivity contribution in [3.8, 4) is 0 Å². The average Bonchev–Trinajstić information content (AvgIpc) is 3.13. The predicted octanol–water partition coefficient (Wildman–Crippen LogP) is 3.65. The Hall–Kier alpha value is -2.66. The third-order valence-corrected chi connectivity index (χ3v) is 4.83. The number of carbonyl (C=O) groups excluding carboxylic acids is 2. The van der Waals surface area contributed by atoms with Crippen LogP contribution in [0.2, 0.25) is 0 Å². The first kappa shape index (κ1) is 17.2. The first-order valence-corrected chi connectivity index (χ1v) is 8.90. The third kappa shape index (κ3) is 4.45. The Morgan fingerprint density at radius 3 is 2.64 bits per heavy atom. The summed E-state index contributed by atoms with van der Waals surface area (Å²) in [6, 6.07) is 17.7. The molecule has 0 N–H and O–H groups in total. The fourth-order valence-corrected chi connectivity index (χ4v) is 3.39. The van der Waals surface area contributed by atoms with E-state index in [9.17, 15) is 9.59 Å². The third-order valence-electron chi connectivity index (χ3n) is 3.97. The highest BCUT2D eigenvalue weighted by molar-refractivity contribution is 7.09. The van der Waals surface area contributed by atoms with Crippen LogP contribution >= 0.6 is 11.3 Å². The lowest BCUT2D eigenvalue weighted by Crippen LogP contribution is -2.30. The van der Waals surface area contributed by atoms with Crippen LogP contribution in [-0.2, 0) is 27.3 Å². The molecule has 4 nitrogen and oxygen atoms in total. The number of carbonyl (C=O) groups is 2. The monoisotopic (exact) mass is 353 g/mol. The molecule has 3 rings (SSSR count). The topological polar surface area (TPSA) is 46.6 Å². The summed E-state index contributed by atoms with van der Waals surface area (Å²) in [6.07, 6.45) is 0.156. The molecule has 0 saturated carbocycles. The van der Waals surface area contributed by atoms with Gasteiger partial charge in [0.1, 0.15) is 0 Å². The molecule has 0 saturated heterocycles. The summed E-state index contributed by atoms with van der Waals surface area (Å²) < 4.78 is 5.17. The summed E-state index contributed by atoms with van der Waals surface area (Å²) in [5, 5.41) is 4.08. The minimum atomic E-state index is -0.394. The zero-order valence-corrected chi connectivity index (χ0v) is 14.8. The van der Waals surface area contributed by atoms with Crippen LogP contribution in [0.15, 0.2) is 60.0 Å². The number of esters is 1. The van der Waals surface area contributed by atoms with Crippen molar-refractivity contribution in [2.75, 3.05) is 13.7 Å². The van der Waals surface area contributed by atoms with Crippen LogP contribution in [0.3, 0.4) is 0 Å². The SMILES string of the molecule is CN(Cc1cccs1)C(=O)COC(=O)Cc1cccc2ccccc12. The molecule has 1 amide bonds. The molecule has 0 fully saturated rings. The highest BCUT2D eigenvalue weighted by atomic mass is 32.1. The molecular formula is C20H19NO3S. The van der Waals surface area contributed by atoms with Crippen LogP contribution in [0, 0.1) is 0 Å². The van der Waals surface area contributed by atoms with E-state index in [0.717, 1.165) is 21.2 Å². The Bertz CT molecular complexity index is 868. The summed E-state index contributed by atoms with van der Waals surface area (Å²) in [4.78, 5) is 26.9. The highest BCUT2D eigenvalue weighted by Crippen LogP contribution is 2.19. The summed E-state index contributed by atoms with van der Waals surface area (Å²) in [7, 11) is 1.71. The molecule has 0 aliphatic heterocycles. The van der Waals surface area contributed by atoms with Crippen LogP contribution < -0.4 is 0 Å². The molecule has 5 heteroatoms.